The lowest BCUT2D eigenvalue weighted by atomic mass is 9.96. The number of amides is 1. The molecule has 1 fully saturated rings. The number of aryl methyl sites for hydroxylation is 1. The van der Waals surface area contributed by atoms with Crippen molar-refractivity contribution in [2.75, 3.05) is 18.6 Å². The molecule has 1 aliphatic rings. The maximum atomic E-state index is 14.0. The Morgan fingerprint density at radius 3 is 2.53 bits per heavy atom. The zero-order valence-electron chi connectivity index (χ0n) is 25.8. The SMILES string of the molecule is CCOc1cc(C2/C(=C(\O)c3c(C)nc4ccccn34)C(=O)C(=O)N2c2nc3ccc(OC)cc3s2)ccc1OCc1ccccc1. The van der Waals surface area contributed by atoms with E-state index < -0.39 is 17.7 Å². The van der Waals surface area contributed by atoms with E-state index in [2.05, 4.69) is 4.98 Å². The number of carbonyl (C=O) groups is 2. The molecular formula is C36H30N4O6S. The van der Waals surface area contributed by atoms with Gasteiger partial charge in [-0.2, -0.15) is 0 Å². The second-order valence-corrected chi connectivity index (χ2v) is 11.9. The van der Waals surface area contributed by atoms with Crippen molar-refractivity contribution in [3.63, 3.8) is 0 Å². The van der Waals surface area contributed by atoms with Crippen molar-refractivity contribution in [2.24, 2.45) is 0 Å². The second-order valence-electron chi connectivity index (χ2n) is 10.9. The van der Waals surface area contributed by atoms with Crippen LogP contribution in [0.2, 0.25) is 0 Å². The lowest BCUT2D eigenvalue weighted by Gasteiger charge is -2.24. The van der Waals surface area contributed by atoms with Crippen molar-refractivity contribution in [2.45, 2.75) is 26.5 Å². The van der Waals surface area contributed by atoms with Gasteiger partial charge in [0.05, 0.1) is 41.2 Å². The minimum absolute atomic E-state index is 0.0824. The van der Waals surface area contributed by atoms with Crippen LogP contribution in [0.4, 0.5) is 5.13 Å². The highest BCUT2D eigenvalue weighted by molar-refractivity contribution is 7.22. The first-order valence-corrected chi connectivity index (χ1v) is 15.8. The molecule has 7 rings (SSSR count). The number of hydrogen-bond donors (Lipinski definition) is 1. The third kappa shape index (κ3) is 5.34. The highest BCUT2D eigenvalue weighted by Crippen LogP contribution is 2.46. The summed E-state index contributed by atoms with van der Waals surface area (Å²) in [7, 11) is 1.58. The lowest BCUT2D eigenvalue weighted by Crippen LogP contribution is -2.29. The predicted molar refractivity (Wildman–Crippen MR) is 179 cm³/mol. The van der Waals surface area contributed by atoms with Gasteiger partial charge in [0.25, 0.3) is 5.78 Å². The molecule has 1 amide bonds. The number of rotatable bonds is 9. The van der Waals surface area contributed by atoms with E-state index in [0.29, 0.717) is 63.7 Å². The van der Waals surface area contributed by atoms with Crippen molar-refractivity contribution < 1.29 is 28.9 Å². The normalized spacial score (nSPS) is 15.9. The van der Waals surface area contributed by atoms with Crippen LogP contribution in [0, 0.1) is 6.92 Å². The smallest absolute Gasteiger partial charge is 0.301 e. The van der Waals surface area contributed by atoms with Crippen molar-refractivity contribution in [3.8, 4) is 17.2 Å². The molecule has 0 bridgehead atoms. The number of Topliss-reactive ketones (excluding diaryl/α,β-unsaturated/α-hetero) is 1. The first-order chi connectivity index (χ1) is 22.9. The first-order valence-electron chi connectivity index (χ1n) is 15.0. The lowest BCUT2D eigenvalue weighted by molar-refractivity contribution is -0.132. The zero-order valence-corrected chi connectivity index (χ0v) is 26.7. The molecule has 10 nitrogen and oxygen atoms in total. The van der Waals surface area contributed by atoms with E-state index in [0.717, 1.165) is 10.3 Å². The fraction of sp³-hybridized carbons (Fsp3) is 0.167. The average Bonchev–Trinajstić information content (AvgIpc) is 3.74. The Morgan fingerprint density at radius 1 is 0.936 bits per heavy atom. The molecule has 1 N–H and O–H groups in total. The summed E-state index contributed by atoms with van der Waals surface area (Å²) in [4.78, 5) is 38.6. The van der Waals surface area contributed by atoms with E-state index in [1.165, 1.54) is 16.2 Å². The van der Waals surface area contributed by atoms with Crippen LogP contribution in [0.15, 0.2) is 96.7 Å². The number of ketones is 1. The van der Waals surface area contributed by atoms with Crippen molar-refractivity contribution >= 4 is 49.8 Å². The number of methoxy groups -OCH3 is 1. The van der Waals surface area contributed by atoms with Gasteiger partial charge in [-0.25, -0.2) is 9.97 Å². The molecule has 6 aromatic rings. The molecule has 3 aromatic carbocycles. The average molecular weight is 647 g/mol. The van der Waals surface area contributed by atoms with Gasteiger partial charge in [-0.15, -0.1) is 0 Å². The van der Waals surface area contributed by atoms with Crippen LogP contribution in [0.1, 0.15) is 35.5 Å². The van der Waals surface area contributed by atoms with Crippen molar-refractivity contribution in [1.29, 1.82) is 0 Å². The monoisotopic (exact) mass is 646 g/mol. The number of aliphatic hydroxyl groups is 1. The molecule has 0 radical (unpaired) electrons. The minimum Gasteiger partial charge on any atom is -0.505 e. The minimum atomic E-state index is -1.03. The summed E-state index contributed by atoms with van der Waals surface area (Å²) in [6, 6.07) is 24.9. The number of pyridine rings is 1. The van der Waals surface area contributed by atoms with Crippen LogP contribution in [0.3, 0.4) is 0 Å². The number of imidazole rings is 1. The van der Waals surface area contributed by atoms with Crippen LogP contribution in [-0.2, 0) is 16.2 Å². The van der Waals surface area contributed by atoms with Gasteiger partial charge in [-0.05, 0) is 67.4 Å². The van der Waals surface area contributed by atoms with Crippen LogP contribution < -0.4 is 19.1 Å². The summed E-state index contributed by atoms with van der Waals surface area (Å²) in [5.74, 6) is -0.403. The Labute approximate surface area is 274 Å². The van der Waals surface area contributed by atoms with Crippen molar-refractivity contribution in [1.82, 2.24) is 14.4 Å². The number of benzene rings is 3. The van der Waals surface area contributed by atoms with Gasteiger partial charge in [0, 0.05) is 6.20 Å². The number of nitrogens with zero attached hydrogens (tertiary/aromatic N) is 4. The fourth-order valence-corrected chi connectivity index (χ4v) is 6.83. The van der Waals surface area contributed by atoms with Crippen LogP contribution in [0.25, 0.3) is 21.6 Å². The molecule has 236 valence electrons. The zero-order chi connectivity index (χ0) is 32.7. The molecule has 1 saturated heterocycles. The summed E-state index contributed by atoms with van der Waals surface area (Å²) >= 11 is 1.25. The van der Waals surface area contributed by atoms with Gasteiger partial charge in [0.15, 0.2) is 22.4 Å². The summed E-state index contributed by atoms with van der Waals surface area (Å²) < 4.78 is 20.0. The predicted octanol–water partition coefficient (Wildman–Crippen LogP) is 6.87. The largest absolute Gasteiger partial charge is 0.505 e. The Bertz CT molecular complexity index is 2190. The standard InChI is InChI=1S/C36H30N4O6S/c1-4-45-27-18-23(13-16-26(27)46-20-22-10-6-5-7-11-22)32-30(33(41)31-21(2)37-29-12-8-9-17-39(29)31)34(42)35(43)40(32)36-38-25-15-14-24(44-3)19-28(25)47-36/h5-19,32,41H,4,20H2,1-3H3/b33-30+. The Hall–Kier alpha value is -5.68. The van der Waals surface area contributed by atoms with E-state index >= 15 is 0 Å². The van der Waals surface area contributed by atoms with Gasteiger partial charge in [0.1, 0.15) is 23.7 Å². The first kappa shape index (κ1) is 30.0. The van der Waals surface area contributed by atoms with Gasteiger partial charge in [-0.3, -0.25) is 18.9 Å². The number of carbonyl (C=O) groups excluding carboxylic acids is 2. The van der Waals surface area contributed by atoms with E-state index in [9.17, 15) is 14.7 Å². The van der Waals surface area contributed by atoms with Gasteiger partial charge in [0.2, 0.25) is 0 Å². The number of fused-ring (bicyclic) bond motifs is 2. The molecule has 1 unspecified atom stereocenters. The van der Waals surface area contributed by atoms with Gasteiger partial charge < -0.3 is 19.3 Å². The van der Waals surface area contributed by atoms with Gasteiger partial charge >= 0.3 is 5.91 Å². The number of hydrogen-bond acceptors (Lipinski definition) is 9. The summed E-state index contributed by atoms with van der Waals surface area (Å²) in [5.41, 5.74) is 3.50. The summed E-state index contributed by atoms with van der Waals surface area (Å²) in [5, 5.41) is 12.3. The number of thiazole rings is 1. The third-order valence-corrected chi connectivity index (χ3v) is 9.00. The quantitative estimate of drug-likeness (QED) is 0.103. The topological polar surface area (TPSA) is 115 Å². The summed E-state index contributed by atoms with van der Waals surface area (Å²) in [6.45, 7) is 4.29. The molecule has 0 saturated carbocycles. The third-order valence-electron chi connectivity index (χ3n) is 7.98. The highest BCUT2D eigenvalue weighted by atomic mass is 32.1. The Balaban J connectivity index is 1.40. The van der Waals surface area contributed by atoms with E-state index in [1.54, 1.807) is 67.1 Å². The molecule has 1 aliphatic heterocycles. The molecule has 1 atom stereocenters. The van der Waals surface area contributed by atoms with Gasteiger partial charge in [-0.1, -0.05) is 53.8 Å². The highest BCUT2D eigenvalue weighted by Gasteiger charge is 2.49. The number of anilines is 1. The molecule has 47 heavy (non-hydrogen) atoms. The molecule has 3 aromatic heterocycles. The molecule has 0 spiro atoms. The Morgan fingerprint density at radius 2 is 1.74 bits per heavy atom. The molecular weight excluding hydrogens is 616 g/mol. The number of ether oxygens (including phenoxy) is 3. The molecule has 0 aliphatic carbocycles. The van der Waals surface area contributed by atoms with Crippen LogP contribution >= 0.6 is 11.3 Å². The summed E-state index contributed by atoms with van der Waals surface area (Å²) in [6.07, 6.45) is 1.75. The van der Waals surface area contributed by atoms with Crippen molar-refractivity contribution in [3.05, 3.63) is 119 Å². The van der Waals surface area contributed by atoms with E-state index in [-0.39, 0.29) is 11.3 Å². The molecule has 4 heterocycles. The van der Waals surface area contributed by atoms with Crippen LogP contribution in [-0.4, -0.2) is 44.9 Å². The fourth-order valence-electron chi connectivity index (χ4n) is 5.81. The van der Waals surface area contributed by atoms with E-state index in [1.807, 2.05) is 49.4 Å². The number of aromatic nitrogens is 3. The van der Waals surface area contributed by atoms with Crippen LogP contribution in [0.5, 0.6) is 17.2 Å². The number of aliphatic hydroxyl groups excluding tert-OH is 1. The maximum Gasteiger partial charge on any atom is 0.301 e. The Kier molecular flexibility index (Phi) is 7.82. The second kappa shape index (κ2) is 12.3. The maximum absolute atomic E-state index is 14.0. The van der Waals surface area contributed by atoms with E-state index in [4.69, 9.17) is 19.2 Å². The molecule has 11 heteroatoms.